The van der Waals surface area contributed by atoms with Crippen LogP contribution in [0.15, 0.2) is 47.6 Å². The lowest BCUT2D eigenvalue weighted by Crippen LogP contribution is -2.25. The average molecular weight is 468 g/mol. The van der Waals surface area contributed by atoms with Gasteiger partial charge in [-0.3, -0.25) is 14.4 Å². The zero-order valence-electron chi connectivity index (χ0n) is 18.2. The van der Waals surface area contributed by atoms with Crippen molar-refractivity contribution in [3.05, 3.63) is 53.7 Å². The van der Waals surface area contributed by atoms with Gasteiger partial charge in [-0.2, -0.15) is 4.99 Å². The number of thioether (sulfide) groups is 1. The Labute approximate surface area is 196 Å². The first-order chi connectivity index (χ1) is 16.0. The molecular weight excluding hydrogens is 442 g/mol. The molecule has 33 heavy (non-hydrogen) atoms. The number of methoxy groups -OCH3 is 1. The number of aromatic nitrogens is 1. The third kappa shape index (κ3) is 5.89. The largest absolute Gasteiger partial charge is 0.481 e. The lowest BCUT2D eigenvalue weighted by molar-refractivity contribution is -0.121. The van der Waals surface area contributed by atoms with Crippen LogP contribution in [0.1, 0.15) is 35.2 Å². The zero-order chi connectivity index (χ0) is 23.2. The molecular formula is C23H25N5O4S. The highest BCUT2D eigenvalue weighted by molar-refractivity contribution is 8.15. The Hall–Kier alpha value is -3.40. The maximum absolute atomic E-state index is 12.4. The van der Waals surface area contributed by atoms with Crippen LogP contribution in [0.25, 0.3) is 0 Å². The number of rotatable bonds is 7. The number of hydrogen-bond donors (Lipinski definition) is 2. The summed E-state index contributed by atoms with van der Waals surface area (Å²) in [5.41, 5.74) is 1.89. The molecule has 1 aromatic heterocycles. The summed E-state index contributed by atoms with van der Waals surface area (Å²) in [7, 11) is 1.54. The fraction of sp³-hybridized carbons (Fsp3) is 0.348. The van der Waals surface area contributed by atoms with E-state index in [0.717, 1.165) is 36.7 Å². The molecule has 0 spiro atoms. The van der Waals surface area contributed by atoms with Crippen molar-refractivity contribution in [1.29, 1.82) is 0 Å². The van der Waals surface area contributed by atoms with E-state index in [9.17, 15) is 14.4 Å². The zero-order valence-corrected chi connectivity index (χ0v) is 19.1. The Kier molecular flexibility index (Phi) is 7.23. The predicted octanol–water partition coefficient (Wildman–Crippen LogP) is 2.44. The molecule has 1 aromatic carbocycles. The van der Waals surface area contributed by atoms with Crippen LogP contribution in [-0.4, -0.2) is 58.2 Å². The molecule has 172 valence electrons. The standard InChI is InChI=1S/C23H25N5O4S/c1-32-20-9-4-15(13-24-20)14-25-21(30)16-5-7-17(8-6-16)26-19(29)12-18-22(31)27-23(33-18)28-10-2-3-11-28/h4-9,13,18H,2-3,10-12,14H2,1H3,(H,25,30)(H,26,29)/t18-/m0/s1. The first-order valence-corrected chi connectivity index (χ1v) is 11.6. The summed E-state index contributed by atoms with van der Waals surface area (Å²) in [5.74, 6) is -0.236. The van der Waals surface area contributed by atoms with Crippen LogP contribution in [0, 0.1) is 0 Å². The Bertz CT molecular complexity index is 1050. The number of carbonyl (C=O) groups is 3. The highest BCUT2D eigenvalue weighted by atomic mass is 32.2. The maximum atomic E-state index is 12.4. The fourth-order valence-electron chi connectivity index (χ4n) is 3.56. The van der Waals surface area contributed by atoms with Gasteiger partial charge in [-0.15, -0.1) is 0 Å². The second-order valence-electron chi connectivity index (χ2n) is 7.75. The molecule has 2 N–H and O–H groups in total. The van der Waals surface area contributed by atoms with Gasteiger partial charge in [0.1, 0.15) is 5.25 Å². The number of nitrogens with zero attached hydrogens (tertiary/aromatic N) is 3. The van der Waals surface area contributed by atoms with Crippen LogP contribution >= 0.6 is 11.8 Å². The van der Waals surface area contributed by atoms with Crippen molar-refractivity contribution < 1.29 is 19.1 Å². The minimum Gasteiger partial charge on any atom is -0.481 e. The van der Waals surface area contributed by atoms with Crippen molar-refractivity contribution in [2.75, 3.05) is 25.5 Å². The summed E-state index contributed by atoms with van der Waals surface area (Å²) in [6, 6.07) is 10.2. The van der Waals surface area contributed by atoms with E-state index in [-0.39, 0.29) is 24.1 Å². The summed E-state index contributed by atoms with van der Waals surface area (Å²) < 4.78 is 5.02. The van der Waals surface area contributed by atoms with E-state index in [1.54, 1.807) is 43.6 Å². The van der Waals surface area contributed by atoms with E-state index < -0.39 is 5.25 Å². The molecule has 0 radical (unpaired) electrons. The number of anilines is 1. The fourth-order valence-corrected chi connectivity index (χ4v) is 4.68. The molecule has 9 nitrogen and oxygen atoms in total. The van der Waals surface area contributed by atoms with Crippen molar-refractivity contribution in [3.8, 4) is 5.88 Å². The number of nitrogens with one attached hydrogen (secondary N) is 2. The molecule has 3 amide bonds. The van der Waals surface area contributed by atoms with Crippen LogP contribution in [0.3, 0.4) is 0 Å². The first kappa shape index (κ1) is 22.8. The summed E-state index contributed by atoms with van der Waals surface area (Å²) in [6.45, 7) is 2.16. The summed E-state index contributed by atoms with van der Waals surface area (Å²) >= 11 is 1.37. The topological polar surface area (TPSA) is 113 Å². The molecule has 0 bridgehead atoms. The predicted molar refractivity (Wildman–Crippen MR) is 126 cm³/mol. The minimum atomic E-state index is -0.488. The highest BCUT2D eigenvalue weighted by Crippen LogP contribution is 2.29. The van der Waals surface area contributed by atoms with Gasteiger partial charge in [0.05, 0.1) is 7.11 Å². The third-order valence-corrected chi connectivity index (χ3v) is 6.58. The van der Waals surface area contributed by atoms with Gasteiger partial charge in [0.25, 0.3) is 11.8 Å². The van der Waals surface area contributed by atoms with E-state index in [0.29, 0.717) is 23.7 Å². The minimum absolute atomic E-state index is 0.0580. The number of pyridine rings is 1. The second kappa shape index (κ2) is 10.5. The molecule has 1 fully saturated rings. The molecule has 3 heterocycles. The van der Waals surface area contributed by atoms with Crippen LogP contribution in [0.2, 0.25) is 0 Å². The van der Waals surface area contributed by atoms with Crippen LogP contribution in [0.5, 0.6) is 5.88 Å². The molecule has 0 saturated carbocycles. The molecule has 4 rings (SSSR count). The Morgan fingerprint density at radius 2 is 1.91 bits per heavy atom. The summed E-state index contributed by atoms with van der Waals surface area (Å²) in [4.78, 5) is 47.3. The van der Waals surface area contributed by atoms with Crippen molar-refractivity contribution in [2.45, 2.75) is 31.1 Å². The van der Waals surface area contributed by atoms with E-state index in [2.05, 4.69) is 25.5 Å². The molecule has 1 saturated heterocycles. The lowest BCUT2D eigenvalue weighted by atomic mass is 10.2. The number of amidine groups is 1. The van der Waals surface area contributed by atoms with E-state index in [1.165, 1.54) is 11.8 Å². The molecule has 0 aliphatic carbocycles. The van der Waals surface area contributed by atoms with Gasteiger partial charge in [-0.1, -0.05) is 17.8 Å². The van der Waals surface area contributed by atoms with Gasteiger partial charge in [0.15, 0.2) is 5.17 Å². The van der Waals surface area contributed by atoms with E-state index >= 15 is 0 Å². The number of carbonyl (C=O) groups excluding carboxylic acids is 3. The van der Waals surface area contributed by atoms with Crippen LogP contribution in [0.4, 0.5) is 5.69 Å². The van der Waals surface area contributed by atoms with Gasteiger partial charge in [-0.05, 0) is 42.7 Å². The Balaban J connectivity index is 1.24. The van der Waals surface area contributed by atoms with Gasteiger partial charge in [0.2, 0.25) is 11.8 Å². The summed E-state index contributed by atoms with van der Waals surface area (Å²) in [6.07, 6.45) is 3.91. The van der Waals surface area contributed by atoms with E-state index in [4.69, 9.17) is 4.74 Å². The van der Waals surface area contributed by atoms with Gasteiger partial charge >= 0.3 is 0 Å². The molecule has 1 atom stereocenters. The smallest absolute Gasteiger partial charge is 0.262 e. The second-order valence-corrected chi connectivity index (χ2v) is 8.92. The maximum Gasteiger partial charge on any atom is 0.262 e. The normalized spacial score (nSPS) is 17.6. The number of likely N-dealkylation sites (tertiary alicyclic amines) is 1. The molecule has 2 aliphatic rings. The number of ether oxygens (including phenoxy) is 1. The number of hydrogen-bond acceptors (Lipinski definition) is 7. The highest BCUT2D eigenvalue weighted by Gasteiger charge is 2.33. The first-order valence-electron chi connectivity index (χ1n) is 10.7. The quantitative estimate of drug-likeness (QED) is 0.643. The number of benzene rings is 1. The molecule has 2 aromatic rings. The number of aliphatic imine (C=N–C) groups is 1. The van der Waals surface area contributed by atoms with Crippen LogP contribution in [-0.2, 0) is 16.1 Å². The lowest BCUT2D eigenvalue weighted by Gasteiger charge is -2.16. The molecule has 2 aliphatic heterocycles. The SMILES string of the molecule is COc1ccc(CNC(=O)c2ccc(NC(=O)C[C@@H]3SC(N4CCCC4)=NC3=O)cc2)cn1. The van der Waals surface area contributed by atoms with Crippen molar-refractivity contribution in [1.82, 2.24) is 15.2 Å². The monoisotopic (exact) mass is 467 g/mol. The summed E-state index contributed by atoms with van der Waals surface area (Å²) in [5, 5.41) is 5.86. The van der Waals surface area contributed by atoms with Gasteiger partial charge < -0.3 is 20.3 Å². The Morgan fingerprint density at radius 3 is 2.58 bits per heavy atom. The Morgan fingerprint density at radius 1 is 1.15 bits per heavy atom. The average Bonchev–Trinajstić information content (AvgIpc) is 3.48. The van der Waals surface area contributed by atoms with Crippen LogP contribution < -0.4 is 15.4 Å². The van der Waals surface area contributed by atoms with Crippen molar-refractivity contribution >= 4 is 40.3 Å². The van der Waals surface area contributed by atoms with Crippen molar-refractivity contribution in [2.24, 2.45) is 4.99 Å². The number of amides is 3. The molecule has 0 unspecified atom stereocenters. The van der Waals surface area contributed by atoms with Gasteiger partial charge in [-0.25, -0.2) is 4.98 Å². The molecule has 10 heteroatoms. The van der Waals surface area contributed by atoms with Gasteiger partial charge in [0, 0.05) is 49.6 Å². The van der Waals surface area contributed by atoms with E-state index in [1.807, 2.05) is 6.07 Å². The van der Waals surface area contributed by atoms with Crippen molar-refractivity contribution in [3.63, 3.8) is 0 Å². The third-order valence-electron chi connectivity index (χ3n) is 5.37.